The molecule has 1 aliphatic rings. The largest absolute Gasteiger partial charge is 0.370 e. The van der Waals surface area contributed by atoms with Crippen LogP contribution in [0.4, 0.5) is 5.69 Å². The molecule has 1 saturated heterocycles. The van der Waals surface area contributed by atoms with Crippen LogP contribution in [-0.2, 0) is 10.0 Å². The van der Waals surface area contributed by atoms with E-state index in [-0.39, 0.29) is 6.04 Å². The van der Waals surface area contributed by atoms with Crippen molar-refractivity contribution in [3.8, 4) is 0 Å². The molecule has 1 N–H and O–H groups in total. The second kappa shape index (κ2) is 7.36. The molecule has 1 fully saturated rings. The Kier molecular flexibility index (Phi) is 5.37. The number of rotatable bonds is 4. The number of anilines is 1. The van der Waals surface area contributed by atoms with E-state index in [0.717, 1.165) is 30.6 Å². The van der Waals surface area contributed by atoms with Crippen LogP contribution in [0.5, 0.6) is 0 Å². The Hall–Kier alpha value is -1.56. The van der Waals surface area contributed by atoms with Gasteiger partial charge in [0.25, 0.3) is 0 Å². The molecule has 0 spiro atoms. The first-order valence-corrected chi connectivity index (χ1v) is 10.3. The Morgan fingerprint density at radius 2 is 1.84 bits per heavy atom. The van der Waals surface area contributed by atoms with E-state index in [1.807, 2.05) is 25.1 Å². The highest BCUT2D eigenvalue weighted by molar-refractivity contribution is 7.89. The highest BCUT2D eigenvalue weighted by Crippen LogP contribution is 2.25. The third kappa shape index (κ3) is 4.17. The topological polar surface area (TPSA) is 49.4 Å². The molecule has 4 nitrogen and oxygen atoms in total. The lowest BCUT2D eigenvalue weighted by Gasteiger charge is -2.34. The highest BCUT2D eigenvalue weighted by Gasteiger charge is 2.26. The van der Waals surface area contributed by atoms with Gasteiger partial charge in [-0.1, -0.05) is 29.8 Å². The summed E-state index contributed by atoms with van der Waals surface area (Å²) >= 11 is 6.09. The SMILES string of the molecule is Cc1cc(S(=O)(=O)N[C@@H]2CCCN(c3ccccc3)C2)c(C)cc1Cl. The number of piperidine rings is 1. The van der Waals surface area contributed by atoms with Gasteiger partial charge in [-0.05, 0) is 62.1 Å². The van der Waals surface area contributed by atoms with E-state index < -0.39 is 10.0 Å². The zero-order valence-electron chi connectivity index (χ0n) is 14.5. The summed E-state index contributed by atoms with van der Waals surface area (Å²) in [4.78, 5) is 2.54. The average molecular weight is 379 g/mol. The fraction of sp³-hybridized carbons (Fsp3) is 0.368. The fourth-order valence-corrected chi connectivity index (χ4v) is 5.06. The number of halogens is 1. The lowest BCUT2D eigenvalue weighted by Crippen LogP contribution is -2.47. The fourth-order valence-electron chi connectivity index (χ4n) is 3.27. The van der Waals surface area contributed by atoms with Crippen molar-refractivity contribution in [2.24, 2.45) is 0 Å². The third-order valence-electron chi connectivity index (χ3n) is 4.61. The van der Waals surface area contributed by atoms with Crippen molar-refractivity contribution in [2.75, 3.05) is 18.0 Å². The Balaban J connectivity index is 1.78. The number of nitrogens with one attached hydrogen (secondary N) is 1. The molecule has 3 rings (SSSR count). The normalized spacial score (nSPS) is 18.4. The average Bonchev–Trinajstić information content (AvgIpc) is 2.58. The van der Waals surface area contributed by atoms with E-state index in [0.29, 0.717) is 22.0 Å². The first-order valence-electron chi connectivity index (χ1n) is 8.46. The minimum atomic E-state index is -3.57. The molecular weight excluding hydrogens is 356 g/mol. The van der Waals surface area contributed by atoms with Crippen LogP contribution in [0.1, 0.15) is 24.0 Å². The van der Waals surface area contributed by atoms with Crippen molar-refractivity contribution in [3.05, 3.63) is 58.6 Å². The van der Waals surface area contributed by atoms with Crippen molar-refractivity contribution in [1.29, 1.82) is 0 Å². The molecule has 0 saturated carbocycles. The van der Waals surface area contributed by atoms with Crippen LogP contribution in [0.15, 0.2) is 47.4 Å². The molecule has 0 unspecified atom stereocenters. The molecule has 1 aliphatic heterocycles. The van der Waals surface area contributed by atoms with Gasteiger partial charge in [0, 0.05) is 29.8 Å². The van der Waals surface area contributed by atoms with Crippen LogP contribution in [0.2, 0.25) is 5.02 Å². The van der Waals surface area contributed by atoms with Gasteiger partial charge in [-0.15, -0.1) is 0 Å². The molecule has 1 heterocycles. The first kappa shape index (κ1) is 18.2. The summed E-state index contributed by atoms with van der Waals surface area (Å²) < 4.78 is 28.6. The maximum Gasteiger partial charge on any atom is 0.241 e. The molecule has 0 bridgehead atoms. The number of nitrogens with zero attached hydrogens (tertiary/aromatic N) is 1. The van der Waals surface area contributed by atoms with Gasteiger partial charge in [-0.25, -0.2) is 13.1 Å². The summed E-state index contributed by atoms with van der Waals surface area (Å²) in [6.07, 6.45) is 1.80. The van der Waals surface area contributed by atoms with Crippen LogP contribution in [0.25, 0.3) is 0 Å². The standard InChI is InChI=1S/C19H23ClN2O2S/c1-14-12-19(15(2)11-18(14)20)25(23,24)21-16-7-6-10-22(13-16)17-8-4-3-5-9-17/h3-5,8-9,11-12,16,21H,6-7,10,13H2,1-2H3/t16-/m1/s1. The van der Waals surface area contributed by atoms with E-state index in [1.165, 1.54) is 0 Å². The van der Waals surface area contributed by atoms with Crippen molar-refractivity contribution < 1.29 is 8.42 Å². The summed E-state index contributed by atoms with van der Waals surface area (Å²) in [7, 11) is -3.57. The summed E-state index contributed by atoms with van der Waals surface area (Å²) in [5, 5.41) is 0.587. The molecule has 0 amide bonds. The summed E-state index contributed by atoms with van der Waals surface area (Å²) in [5.41, 5.74) is 2.56. The molecule has 6 heteroatoms. The molecule has 25 heavy (non-hydrogen) atoms. The minimum Gasteiger partial charge on any atom is -0.370 e. The highest BCUT2D eigenvalue weighted by atomic mass is 35.5. The quantitative estimate of drug-likeness (QED) is 0.877. The van der Waals surface area contributed by atoms with Gasteiger partial charge in [0.05, 0.1) is 4.90 Å². The maximum atomic E-state index is 12.9. The van der Waals surface area contributed by atoms with Crippen molar-refractivity contribution in [1.82, 2.24) is 4.72 Å². The van der Waals surface area contributed by atoms with Gasteiger partial charge < -0.3 is 4.90 Å². The van der Waals surface area contributed by atoms with E-state index in [9.17, 15) is 8.42 Å². The predicted molar refractivity (Wildman–Crippen MR) is 103 cm³/mol. The van der Waals surface area contributed by atoms with Gasteiger partial charge in [0.15, 0.2) is 0 Å². The number of para-hydroxylation sites is 1. The van der Waals surface area contributed by atoms with Crippen LogP contribution in [0.3, 0.4) is 0 Å². The molecule has 0 aromatic heterocycles. The van der Waals surface area contributed by atoms with E-state index >= 15 is 0 Å². The molecule has 0 aliphatic carbocycles. The van der Waals surface area contributed by atoms with E-state index in [4.69, 9.17) is 11.6 Å². The van der Waals surface area contributed by atoms with Crippen molar-refractivity contribution >= 4 is 27.3 Å². The smallest absolute Gasteiger partial charge is 0.241 e. The zero-order valence-corrected chi connectivity index (χ0v) is 16.1. The second-order valence-corrected chi connectivity index (χ2v) is 8.70. The lowest BCUT2D eigenvalue weighted by atomic mass is 10.1. The molecule has 2 aromatic rings. The van der Waals surface area contributed by atoms with E-state index in [1.54, 1.807) is 19.1 Å². The van der Waals surface area contributed by atoms with Crippen LogP contribution in [0, 0.1) is 13.8 Å². The zero-order chi connectivity index (χ0) is 18.0. The summed E-state index contributed by atoms with van der Waals surface area (Å²) in [6.45, 7) is 5.21. The Bertz CT molecular complexity index is 853. The summed E-state index contributed by atoms with van der Waals surface area (Å²) in [5.74, 6) is 0. The van der Waals surface area contributed by atoms with Gasteiger partial charge in [0.2, 0.25) is 10.0 Å². The maximum absolute atomic E-state index is 12.9. The van der Waals surface area contributed by atoms with Crippen LogP contribution >= 0.6 is 11.6 Å². The van der Waals surface area contributed by atoms with Crippen molar-refractivity contribution in [3.63, 3.8) is 0 Å². The van der Waals surface area contributed by atoms with E-state index in [2.05, 4.69) is 21.8 Å². The molecule has 1 atom stereocenters. The van der Waals surface area contributed by atoms with Gasteiger partial charge >= 0.3 is 0 Å². The molecular formula is C19H23ClN2O2S. The lowest BCUT2D eigenvalue weighted by molar-refractivity contribution is 0.466. The number of benzene rings is 2. The molecule has 134 valence electrons. The Morgan fingerprint density at radius 3 is 2.56 bits per heavy atom. The van der Waals surface area contributed by atoms with Gasteiger partial charge in [-0.2, -0.15) is 0 Å². The number of hydrogen-bond donors (Lipinski definition) is 1. The monoisotopic (exact) mass is 378 g/mol. The molecule has 0 radical (unpaired) electrons. The Labute approximate surface area is 154 Å². The number of aryl methyl sites for hydroxylation is 2. The van der Waals surface area contributed by atoms with Crippen LogP contribution in [-0.4, -0.2) is 27.5 Å². The predicted octanol–water partition coefficient (Wildman–Crippen LogP) is 3.90. The van der Waals surface area contributed by atoms with Crippen LogP contribution < -0.4 is 9.62 Å². The molecule has 2 aromatic carbocycles. The Morgan fingerprint density at radius 1 is 1.12 bits per heavy atom. The van der Waals surface area contributed by atoms with Crippen molar-refractivity contribution in [2.45, 2.75) is 37.6 Å². The third-order valence-corrected chi connectivity index (χ3v) is 6.68. The first-order chi connectivity index (χ1) is 11.9. The number of hydrogen-bond acceptors (Lipinski definition) is 3. The van der Waals surface area contributed by atoms with Gasteiger partial charge in [0.1, 0.15) is 0 Å². The van der Waals surface area contributed by atoms with Gasteiger partial charge in [-0.3, -0.25) is 0 Å². The number of sulfonamides is 1. The summed E-state index contributed by atoms with van der Waals surface area (Å²) in [6, 6.07) is 13.4. The second-order valence-electron chi connectivity index (χ2n) is 6.61. The minimum absolute atomic E-state index is 0.102.